The van der Waals surface area contributed by atoms with Crippen LogP contribution in [0.4, 0.5) is 0 Å². The summed E-state index contributed by atoms with van der Waals surface area (Å²) in [4.78, 5) is 13.8. The molecule has 1 atom stereocenters. The Labute approximate surface area is 112 Å². The largest absolute Gasteiger partial charge is 0.336 e. The Kier molecular flexibility index (Phi) is 2.88. The lowest BCUT2D eigenvalue weighted by Crippen LogP contribution is -2.38. The molecule has 3 rings (SSSR count). The van der Waals surface area contributed by atoms with Crippen molar-refractivity contribution in [3.8, 4) is 0 Å². The fourth-order valence-electron chi connectivity index (χ4n) is 2.48. The smallest absolute Gasteiger partial charge is 0.274 e. The number of sulfone groups is 1. The molecule has 1 aromatic heterocycles. The van der Waals surface area contributed by atoms with Gasteiger partial charge in [-0.1, -0.05) is 0 Å². The average Bonchev–Trinajstić information content (AvgIpc) is 2.98. The number of H-pyrrole nitrogens is 1. The summed E-state index contributed by atoms with van der Waals surface area (Å²) in [6.45, 7) is 0. The van der Waals surface area contributed by atoms with Crippen LogP contribution in [0.3, 0.4) is 0 Å². The number of hydrogen-bond donors (Lipinski definition) is 1. The van der Waals surface area contributed by atoms with Crippen LogP contribution in [0.2, 0.25) is 0 Å². The van der Waals surface area contributed by atoms with E-state index >= 15 is 0 Å². The number of carbonyl (C=O) groups is 1. The van der Waals surface area contributed by atoms with Crippen molar-refractivity contribution >= 4 is 15.7 Å². The Bertz CT molecular complexity index is 603. The molecule has 19 heavy (non-hydrogen) atoms. The molecule has 2 aliphatic rings. The molecule has 1 aliphatic carbocycles. The maximum atomic E-state index is 12.2. The summed E-state index contributed by atoms with van der Waals surface area (Å²) in [5.74, 6) is 0.551. The maximum Gasteiger partial charge on any atom is 0.274 e. The van der Waals surface area contributed by atoms with E-state index in [0.29, 0.717) is 18.0 Å². The van der Waals surface area contributed by atoms with Gasteiger partial charge in [-0.05, 0) is 25.3 Å². The van der Waals surface area contributed by atoms with Crippen molar-refractivity contribution in [1.82, 2.24) is 15.1 Å². The van der Waals surface area contributed by atoms with E-state index in [1.807, 2.05) is 0 Å². The van der Waals surface area contributed by atoms with Gasteiger partial charge in [0, 0.05) is 24.7 Å². The van der Waals surface area contributed by atoms with Crippen LogP contribution in [0, 0.1) is 0 Å². The molecular formula is C12H17N3O3S. The highest BCUT2D eigenvalue weighted by Gasteiger charge is 2.34. The van der Waals surface area contributed by atoms with Crippen molar-refractivity contribution in [3.63, 3.8) is 0 Å². The van der Waals surface area contributed by atoms with Gasteiger partial charge in [-0.25, -0.2) is 8.42 Å². The highest BCUT2D eigenvalue weighted by atomic mass is 32.2. The summed E-state index contributed by atoms with van der Waals surface area (Å²) in [6.07, 6.45) is 2.81. The van der Waals surface area contributed by atoms with Crippen LogP contribution in [0.25, 0.3) is 0 Å². The van der Waals surface area contributed by atoms with E-state index < -0.39 is 9.84 Å². The molecule has 1 aliphatic heterocycles. The minimum Gasteiger partial charge on any atom is -0.336 e. The van der Waals surface area contributed by atoms with Crippen molar-refractivity contribution in [1.29, 1.82) is 0 Å². The van der Waals surface area contributed by atoms with Crippen molar-refractivity contribution in [3.05, 3.63) is 17.5 Å². The predicted octanol–water partition coefficient (Wildman–Crippen LogP) is 0.546. The number of aromatic amines is 1. The molecule has 7 heteroatoms. The quantitative estimate of drug-likeness (QED) is 0.878. The van der Waals surface area contributed by atoms with Crippen LogP contribution < -0.4 is 0 Å². The fourth-order valence-corrected chi connectivity index (χ4v) is 4.25. The Morgan fingerprint density at radius 3 is 2.74 bits per heavy atom. The van der Waals surface area contributed by atoms with Crippen LogP contribution >= 0.6 is 0 Å². The molecule has 0 aromatic carbocycles. The first-order valence-corrected chi connectivity index (χ1v) is 8.31. The Morgan fingerprint density at radius 2 is 2.16 bits per heavy atom. The number of rotatable bonds is 3. The summed E-state index contributed by atoms with van der Waals surface area (Å²) in [5.41, 5.74) is 1.39. The second kappa shape index (κ2) is 4.33. The van der Waals surface area contributed by atoms with Crippen LogP contribution in [-0.2, 0) is 9.84 Å². The second-order valence-corrected chi connectivity index (χ2v) is 7.68. The van der Waals surface area contributed by atoms with Gasteiger partial charge in [0.15, 0.2) is 9.84 Å². The third-order valence-electron chi connectivity index (χ3n) is 3.91. The highest BCUT2D eigenvalue weighted by Crippen LogP contribution is 2.39. The third kappa shape index (κ3) is 2.51. The summed E-state index contributed by atoms with van der Waals surface area (Å²) >= 11 is 0. The number of aromatic nitrogens is 2. The molecule has 0 radical (unpaired) electrons. The number of hydrogen-bond acceptors (Lipinski definition) is 4. The second-order valence-electron chi connectivity index (χ2n) is 5.46. The summed E-state index contributed by atoms with van der Waals surface area (Å²) in [6, 6.07) is 1.57. The third-order valence-corrected chi connectivity index (χ3v) is 5.66. The first-order chi connectivity index (χ1) is 8.96. The van der Waals surface area contributed by atoms with Crippen LogP contribution in [0.15, 0.2) is 6.07 Å². The van der Waals surface area contributed by atoms with Gasteiger partial charge in [-0.3, -0.25) is 9.89 Å². The van der Waals surface area contributed by atoms with Gasteiger partial charge < -0.3 is 4.90 Å². The number of nitrogens with one attached hydrogen (secondary N) is 1. The van der Waals surface area contributed by atoms with E-state index in [0.717, 1.165) is 18.5 Å². The molecule has 1 N–H and O–H groups in total. The summed E-state index contributed by atoms with van der Waals surface area (Å²) in [5, 5.41) is 6.94. The van der Waals surface area contributed by atoms with Gasteiger partial charge in [-0.2, -0.15) is 5.10 Å². The Hall–Kier alpha value is -1.37. The van der Waals surface area contributed by atoms with Crippen molar-refractivity contribution in [2.24, 2.45) is 0 Å². The molecule has 0 spiro atoms. The molecule has 2 fully saturated rings. The van der Waals surface area contributed by atoms with Gasteiger partial charge in [-0.15, -0.1) is 0 Å². The molecular weight excluding hydrogens is 266 g/mol. The van der Waals surface area contributed by atoms with E-state index in [-0.39, 0.29) is 23.5 Å². The van der Waals surface area contributed by atoms with E-state index in [1.54, 1.807) is 13.1 Å². The minimum atomic E-state index is -2.98. The minimum absolute atomic E-state index is 0.0646. The first-order valence-electron chi connectivity index (χ1n) is 6.49. The van der Waals surface area contributed by atoms with Gasteiger partial charge in [0.25, 0.3) is 5.91 Å². The zero-order chi connectivity index (χ0) is 13.6. The molecule has 104 valence electrons. The lowest BCUT2D eigenvalue weighted by atomic mass is 10.2. The summed E-state index contributed by atoms with van der Waals surface area (Å²) in [7, 11) is -1.32. The zero-order valence-corrected chi connectivity index (χ0v) is 11.6. The van der Waals surface area contributed by atoms with E-state index in [1.165, 1.54) is 4.90 Å². The molecule has 6 nitrogen and oxygen atoms in total. The maximum absolute atomic E-state index is 12.2. The van der Waals surface area contributed by atoms with Crippen molar-refractivity contribution in [2.45, 2.75) is 31.2 Å². The lowest BCUT2D eigenvalue weighted by molar-refractivity contribution is 0.0741. The standard InChI is InChI=1S/C12H17N3O3S/c1-15(9-4-5-19(17,18)7-9)12(16)11-6-10(13-14-11)8-2-3-8/h6,8-9H,2-5,7H2,1H3,(H,13,14)/t9-/m0/s1. The van der Waals surface area contributed by atoms with Gasteiger partial charge in [0.2, 0.25) is 0 Å². The van der Waals surface area contributed by atoms with E-state index in [4.69, 9.17) is 0 Å². The van der Waals surface area contributed by atoms with E-state index in [2.05, 4.69) is 10.2 Å². The molecule has 2 heterocycles. The zero-order valence-electron chi connectivity index (χ0n) is 10.8. The highest BCUT2D eigenvalue weighted by molar-refractivity contribution is 7.91. The molecule has 1 saturated heterocycles. The molecule has 1 aromatic rings. The molecule has 0 bridgehead atoms. The normalized spacial score (nSPS) is 25.4. The lowest BCUT2D eigenvalue weighted by Gasteiger charge is -2.22. The Morgan fingerprint density at radius 1 is 1.42 bits per heavy atom. The first kappa shape index (κ1) is 12.7. The fraction of sp³-hybridized carbons (Fsp3) is 0.667. The number of nitrogens with zero attached hydrogens (tertiary/aromatic N) is 2. The monoisotopic (exact) mass is 283 g/mol. The SMILES string of the molecule is CN(C(=O)c1cc(C2CC2)[nH]n1)[C@H]1CCS(=O)(=O)C1. The van der Waals surface area contributed by atoms with Gasteiger partial charge >= 0.3 is 0 Å². The van der Waals surface area contributed by atoms with Crippen LogP contribution in [0.1, 0.15) is 41.4 Å². The molecule has 1 saturated carbocycles. The molecule has 1 amide bonds. The average molecular weight is 283 g/mol. The van der Waals surface area contributed by atoms with Crippen LogP contribution in [-0.4, -0.2) is 54.0 Å². The predicted molar refractivity (Wildman–Crippen MR) is 69.7 cm³/mol. The van der Waals surface area contributed by atoms with Gasteiger partial charge in [0.1, 0.15) is 5.69 Å². The Balaban J connectivity index is 1.72. The number of amides is 1. The summed E-state index contributed by atoms with van der Waals surface area (Å²) < 4.78 is 22.9. The molecule has 0 unspecified atom stereocenters. The van der Waals surface area contributed by atoms with Crippen molar-refractivity contribution in [2.75, 3.05) is 18.6 Å². The van der Waals surface area contributed by atoms with Crippen LogP contribution in [0.5, 0.6) is 0 Å². The topological polar surface area (TPSA) is 83.1 Å². The van der Waals surface area contributed by atoms with E-state index in [9.17, 15) is 13.2 Å². The van der Waals surface area contributed by atoms with Crippen molar-refractivity contribution < 1.29 is 13.2 Å². The number of carbonyl (C=O) groups excluding carboxylic acids is 1. The van der Waals surface area contributed by atoms with Gasteiger partial charge in [0.05, 0.1) is 11.5 Å².